The number of pyridine rings is 1. The molecule has 1 aromatic carbocycles. The van der Waals surface area contributed by atoms with Crippen LogP contribution in [0.3, 0.4) is 0 Å². The zero-order valence-electron chi connectivity index (χ0n) is 16.0. The molecule has 0 saturated carbocycles. The number of carbonyl (C=O) groups is 1. The first-order valence-corrected chi connectivity index (χ1v) is 9.66. The highest BCUT2D eigenvalue weighted by Crippen LogP contribution is 2.26. The topological polar surface area (TPSA) is 58.2 Å². The van der Waals surface area contributed by atoms with E-state index in [9.17, 15) is 9.18 Å². The summed E-state index contributed by atoms with van der Waals surface area (Å²) in [5.74, 6) is -0.232. The summed E-state index contributed by atoms with van der Waals surface area (Å²) in [6.45, 7) is 3.72. The number of amides is 1. The Kier molecular flexibility index (Phi) is 5.39. The van der Waals surface area contributed by atoms with Gasteiger partial charge < -0.3 is 14.6 Å². The summed E-state index contributed by atoms with van der Waals surface area (Å²) in [5.41, 5.74) is 3.22. The number of rotatable bonds is 5. The van der Waals surface area contributed by atoms with Gasteiger partial charge in [0.05, 0.1) is 24.6 Å². The predicted octanol–water partition coefficient (Wildman–Crippen LogP) is 3.76. The summed E-state index contributed by atoms with van der Waals surface area (Å²) in [6.07, 6.45) is 5.70. The molecule has 1 aliphatic heterocycles. The van der Waals surface area contributed by atoms with Crippen molar-refractivity contribution in [2.75, 3.05) is 13.1 Å². The number of para-hydroxylation sites is 1. The maximum Gasteiger partial charge on any atom is 0.227 e. The number of aryl methyl sites for hydroxylation is 1. The highest BCUT2D eigenvalue weighted by Gasteiger charge is 2.25. The number of H-pyrrole nitrogens is 1. The van der Waals surface area contributed by atoms with Crippen LogP contribution in [0.4, 0.5) is 4.39 Å². The Labute approximate surface area is 163 Å². The first-order valence-electron chi connectivity index (χ1n) is 9.66. The lowest BCUT2D eigenvalue weighted by atomic mass is 10.0. The van der Waals surface area contributed by atoms with Crippen molar-refractivity contribution in [2.45, 2.75) is 38.9 Å². The molecule has 0 unspecified atom stereocenters. The van der Waals surface area contributed by atoms with Crippen LogP contribution < -0.4 is 0 Å². The second-order valence-corrected chi connectivity index (χ2v) is 7.34. The van der Waals surface area contributed by atoms with Gasteiger partial charge >= 0.3 is 0 Å². The maximum atomic E-state index is 14.0. The molecule has 6 heteroatoms. The molecule has 5 nitrogen and oxygen atoms in total. The number of carbonyl (C=O) groups excluding carboxylic acids is 1. The van der Waals surface area contributed by atoms with Crippen LogP contribution in [-0.2, 0) is 22.6 Å². The van der Waals surface area contributed by atoms with Crippen molar-refractivity contribution in [3.63, 3.8) is 0 Å². The number of halogens is 1. The number of nitrogens with zero attached hydrogens (tertiary/aromatic N) is 2. The van der Waals surface area contributed by atoms with Gasteiger partial charge in [0.15, 0.2) is 0 Å². The Morgan fingerprint density at radius 3 is 3.07 bits per heavy atom. The van der Waals surface area contributed by atoms with E-state index < -0.39 is 0 Å². The summed E-state index contributed by atoms with van der Waals surface area (Å²) in [5, 5.41) is 0.784. The van der Waals surface area contributed by atoms with E-state index in [2.05, 4.69) is 9.97 Å². The number of piperidine rings is 1. The molecule has 1 atom stereocenters. The first kappa shape index (κ1) is 18.6. The molecule has 146 valence electrons. The van der Waals surface area contributed by atoms with Gasteiger partial charge in [0.1, 0.15) is 5.82 Å². The molecule has 1 aliphatic rings. The second kappa shape index (κ2) is 8.10. The van der Waals surface area contributed by atoms with Gasteiger partial charge in [-0.3, -0.25) is 9.78 Å². The van der Waals surface area contributed by atoms with Gasteiger partial charge in [-0.05, 0) is 43.0 Å². The molecule has 1 fully saturated rings. The molecule has 0 aliphatic carbocycles. The lowest BCUT2D eigenvalue weighted by molar-refractivity contribution is -0.134. The smallest absolute Gasteiger partial charge is 0.227 e. The molecule has 3 heterocycles. The zero-order valence-corrected chi connectivity index (χ0v) is 16.0. The number of aromatic nitrogens is 2. The first-order chi connectivity index (χ1) is 13.6. The molecular formula is C22H24FN3O2. The molecule has 0 spiro atoms. The van der Waals surface area contributed by atoms with E-state index in [1.165, 1.54) is 6.07 Å². The minimum Gasteiger partial charge on any atom is -0.372 e. The van der Waals surface area contributed by atoms with E-state index >= 15 is 0 Å². The quantitative estimate of drug-likeness (QED) is 0.732. The summed E-state index contributed by atoms with van der Waals surface area (Å²) in [6, 6.07) is 8.85. The Balaban J connectivity index is 1.41. The molecular weight excluding hydrogens is 357 g/mol. The fraction of sp³-hybridized carbons (Fsp3) is 0.364. The van der Waals surface area contributed by atoms with Crippen LogP contribution in [0.15, 0.2) is 42.7 Å². The van der Waals surface area contributed by atoms with Gasteiger partial charge in [-0.25, -0.2) is 4.39 Å². The van der Waals surface area contributed by atoms with Crippen LogP contribution in [0.2, 0.25) is 0 Å². The van der Waals surface area contributed by atoms with Crippen LogP contribution in [0, 0.1) is 12.7 Å². The van der Waals surface area contributed by atoms with Crippen LogP contribution >= 0.6 is 0 Å². The van der Waals surface area contributed by atoms with Crippen LogP contribution in [-0.4, -0.2) is 40.0 Å². The molecule has 0 radical (unpaired) electrons. The van der Waals surface area contributed by atoms with Crippen molar-refractivity contribution in [1.82, 2.24) is 14.9 Å². The van der Waals surface area contributed by atoms with Crippen LogP contribution in [0.25, 0.3) is 10.9 Å². The van der Waals surface area contributed by atoms with Crippen LogP contribution in [0.1, 0.15) is 29.7 Å². The minimum atomic E-state index is -0.291. The van der Waals surface area contributed by atoms with Gasteiger partial charge in [0.2, 0.25) is 5.91 Å². The predicted molar refractivity (Wildman–Crippen MR) is 105 cm³/mol. The third-order valence-electron chi connectivity index (χ3n) is 5.37. The number of hydrogen-bond donors (Lipinski definition) is 1. The third kappa shape index (κ3) is 3.92. The number of ether oxygens (including phenoxy) is 1. The molecule has 1 amide bonds. The molecule has 2 aromatic heterocycles. The van der Waals surface area contributed by atoms with Crippen LogP contribution in [0.5, 0.6) is 0 Å². The third-order valence-corrected chi connectivity index (χ3v) is 5.37. The van der Waals surface area contributed by atoms with E-state index in [1.807, 2.05) is 30.0 Å². The maximum absolute atomic E-state index is 14.0. The zero-order chi connectivity index (χ0) is 19.5. The number of hydrogen-bond acceptors (Lipinski definition) is 3. The summed E-state index contributed by atoms with van der Waals surface area (Å²) < 4.78 is 20.0. The van der Waals surface area contributed by atoms with Gasteiger partial charge in [-0.2, -0.15) is 0 Å². The van der Waals surface area contributed by atoms with Crippen molar-refractivity contribution in [1.29, 1.82) is 0 Å². The fourth-order valence-corrected chi connectivity index (χ4v) is 3.86. The summed E-state index contributed by atoms with van der Waals surface area (Å²) >= 11 is 0. The highest BCUT2D eigenvalue weighted by molar-refractivity contribution is 5.90. The lowest BCUT2D eigenvalue weighted by Gasteiger charge is -2.33. The van der Waals surface area contributed by atoms with Gasteiger partial charge in [-0.15, -0.1) is 0 Å². The average Bonchev–Trinajstić information content (AvgIpc) is 3.04. The number of nitrogens with one attached hydrogen (secondary N) is 1. The van der Waals surface area contributed by atoms with E-state index in [-0.39, 0.29) is 24.2 Å². The number of likely N-dealkylation sites (tertiary alicyclic amines) is 1. The molecule has 3 aromatic rings. The highest BCUT2D eigenvalue weighted by atomic mass is 19.1. The normalized spacial score (nSPS) is 17.2. The van der Waals surface area contributed by atoms with Gasteiger partial charge in [0.25, 0.3) is 0 Å². The van der Waals surface area contributed by atoms with Gasteiger partial charge in [-0.1, -0.05) is 18.2 Å². The molecule has 1 N–H and O–H groups in total. The summed E-state index contributed by atoms with van der Waals surface area (Å²) in [7, 11) is 0. The van der Waals surface area contributed by atoms with Crippen molar-refractivity contribution in [3.05, 3.63) is 65.4 Å². The summed E-state index contributed by atoms with van der Waals surface area (Å²) in [4.78, 5) is 22.0. The minimum absolute atomic E-state index is 0.0272. The molecule has 1 saturated heterocycles. The molecule has 0 bridgehead atoms. The van der Waals surface area contributed by atoms with Crippen molar-refractivity contribution < 1.29 is 13.9 Å². The molecule has 4 rings (SSSR count). The number of benzene rings is 1. The Bertz CT molecular complexity index is 971. The van der Waals surface area contributed by atoms with Crippen molar-refractivity contribution in [3.8, 4) is 0 Å². The second-order valence-electron chi connectivity index (χ2n) is 7.34. The lowest BCUT2D eigenvalue weighted by Crippen LogP contribution is -2.43. The Morgan fingerprint density at radius 2 is 2.25 bits per heavy atom. The molecule has 28 heavy (non-hydrogen) atoms. The Hall–Kier alpha value is -2.73. The standard InChI is InChI=1S/C22H24FN3O2/c1-15-19(18-7-2-8-20(23)22(18)25-15)11-21(27)26-10-4-6-17(13-26)28-14-16-5-3-9-24-12-16/h2-3,5,7-9,12,17,25H,4,6,10-11,13-14H2,1H3/t17-/m1/s1. The van der Waals surface area contributed by atoms with E-state index in [0.717, 1.165) is 41.6 Å². The largest absolute Gasteiger partial charge is 0.372 e. The SMILES string of the molecule is Cc1[nH]c2c(F)cccc2c1CC(=O)N1CCC[C@@H](OCc2cccnc2)C1. The van der Waals surface area contributed by atoms with Crippen molar-refractivity contribution in [2.24, 2.45) is 0 Å². The Morgan fingerprint density at radius 1 is 1.36 bits per heavy atom. The van der Waals surface area contributed by atoms with E-state index in [4.69, 9.17) is 4.74 Å². The monoisotopic (exact) mass is 381 g/mol. The van der Waals surface area contributed by atoms with E-state index in [0.29, 0.717) is 18.7 Å². The number of fused-ring (bicyclic) bond motifs is 1. The average molecular weight is 381 g/mol. The number of aromatic amines is 1. The fourth-order valence-electron chi connectivity index (χ4n) is 3.86. The van der Waals surface area contributed by atoms with Gasteiger partial charge in [0, 0.05) is 36.6 Å². The van der Waals surface area contributed by atoms with E-state index in [1.54, 1.807) is 18.5 Å². The van der Waals surface area contributed by atoms with Crippen molar-refractivity contribution >= 4 is 16.8 Å².